The molecule has 0 aromatic heterocycles. The Morgan fingerprint density at radius 1 is 1.47 bits per heavy atom. The van der Waals surface area contributed by atoms with Gasteiger partial charge in [-0.15, -0.1) is 0 Å². The van der Waals surface area contributed by atoms with Crippen molar-refractivity contribution < 1.29 is 19.4 Å². The highest BCUT2D eigenvalue weighted by molar-refractivity contribution is 5.69. The molecule has 15 heavy (non-hydrogen) atoms. The molecule has 1 unspecified atom stereocenters. The van der Waals surface area contributed by atoms with Gasteiger partial charge in [-0.3, -0.25) is 4.79 Å². The highest BCUT2D eigenvalue weighted by Gasteiger charge is 2.29. The van der Waals surface area contributed by atoms with Gasteiger partial charge in [0.2, 0.25) is 0 Å². The van der Waals surface area contributed by atoms with E-state index in [1.165, 1.54) is 0 Å². The topological polar surface area (TPSA) is 55.8 Å². The van der Waals surface area contributed by atoms with Crippen LogP contribution in [0, 0.1) is 5.92 Å². The summed E-state index contributed by atoms with van der Waals surface area (Å²) in [5.74, 6) is -0.0871. The second kappa shape index (κ2) is 5.47. The Labute approximate surface area is 90.6 Å². The van der Waals surface area contributed by atoms with Gasteiger partial charge in [-0.2, -0.15) is 0 Å². The fourth-order valence-electron chi connectivity index (χ4n) is 1.77. The van der Waals surface area contributed by atoms with E-state index < -0.39 is 6.29 Å². The lowest BCUT2D eigenvalue weighted by Crippen LogP contribution is -2.23. The van der Waals surface area contributed by atoms with Crippen LogP contribution in [0.25, 0.3) is 0 Å². The molecule has 1 aliphatic heterocycles. The van der Waals surface area contributed by atoms with Gasteiger partial charge in [0.15, 0.2) is 6.29 Å². The zero-order valence-electron chi connectivity index (χ0n) is 9.60. The van der Waals surface area contributed by atoms with Crippen LogP contribution in [0.1, 0.15) is 40.0 Å². The first-order valence-electron chi connectivity index (χ1n) is 5.52. The average Bonchev–Trinajstić information content (AvgIpc) is 2.49. The fraction of sp³-hybridized carbons (Fsp3) is 0.909. The first-order valence-corrected chi connectivity index (χ1v) is 5.52. The lowest BCUT2D eigenvalue weighted by atomic mass is 9.99. The second-order valence-electron chi connectivity index (χ2n) is 4.43. The van der Waals surface area contributed by atoms with Crippen LogP contribution < -0.4 is 0 Å². The molecule has 0 aromatic rings. The molecule has 3 atom stereocenters. The van der Waals surface area contributed by atoms with Gasteiger partial charge in [-0.1, -0.05) is 6.92 Å². The molecule has 0 spiro atoms. The highest BCUT2D eigenvalue weighted by atomic mass is 16.6. The number of hydrogen-bond acceptors (Lipinski definition) is 4. The van der Waals surface area contributed by atoms with E-state index in [9.17, 15) is 9.90 Å². The zero-order chi connectivity index (χ0) is 11.4. The number of carbonyl (C=O) groups is 1. The third-order valence-corrected chi connectivity index (χ3v) is 2.52. The van der Waals surface area contributed by atoms with E-state index in [0.717, 1.165) is 6.42 Å². The van der Waals surface area contributed by atoms with Crippen molar-refractivity contribution in [3.63, 3.8) is 0 Å². The van der Waals surface area contributed by atoms with Crippen LogP contribution in [-0.4, -0.2) is 29.6 Å². The maximum Gasteiger partial charge on any atom is 0.306 e. The first kappa shape index (κ1) is 12.5. The molecule has 0 aliphatic carbocycles. The number of esters is 1. The Balaban J connectivity index is 2.29. The number of rotatable bonds is 4. The number of ether oxygens (including phenoxy) is 2. The monoisotopic (exact) mass is 216 g/mol. The van der Waals surface area contributed by atoms with Crippen molar-refractivity contribution in [3.8, 4) is 0 Å². The number of aliphatic hydroxyl groups is 1. The van der Waals surface area contributed by atoms with Gasteiger partial charge in [0, 0.05) is 6.42 Å². The predicted octanol–water partition coefficient (Wildman–Crippen LogP) is 1.46. The average molecular weight is 216 g/mol. The summed E-state index contributed by atoms with van der Waals surface area (Å²) in [6.07, 6.45) is 1.10. The van der Waals surface area contributed by atoms with Gasteiger partial charge in [-0.25, -0.2) is 0 Å². The minimum absolute atomic E-state index is 0.0142. The van der Waals surface area contributed by atoms with Crippen molar-refractivity contribution in [2.75, 3.05) is 0 Å². The normalized spacial score (nSPS) is 28.1. The fourth-order valence-corrected chi connectivity index (χ4v) is 1.77. The molecule has 0 amide bonds. The lowest BCUT2D eigenvalue weighted by Gasteiger charge is -2.18. The lowest BCUT2D eigenvalue weighted by molar-refractivity contribution is -0.151. The van der Waals surface area contributed by atoms with Crippen molar-refractivity contribution in [3.05, 3.63) is 0 Å². The van der Waals surface area contributed by atoms with Crippen molar-refractivity contribution >= 4 is 5.97 Å². The largest absolute Gasteiger partial charge is 0.463 e. The third-order valence-electron chi connectivity index (χ3n) is 2.52. The van der Waals surface area contributed by atoms with Crippen molar-refractivity contribution in [2.45, 2.75) is 58.5 Å². The summed E-state index contributed by atoms with van der Waals surface area (Å²) in [6, 6.07) is 0. The molecule has 88 valence electrons. The van der Waals surface area contributed by atoms with E-state index in [2.05, 4.69) is 0 Å². The van der Waals surface area contributed by atoms with E-state index in [0.29, 0.717) is 12.8 Å². The molecule has 1 heterocycles. The molecule has 1 saturated heterocycles. The number of aliphatic hydroxyl groups excluding tert-OH is 1. The first-order chi connectivity index (χ1) is 6.99. The van der Waals surface area contributed by atoms with Crippen molar-refractivity contribution in [1.29, 1.82) is 0 Å². The number of carbonyl (C=O) groups excluding carboxylic acids is 1. The van der Waals surface area contributed by atoms with E-state index in [-0.39, 0.29) is 24.1 Å². The number of hydrogen-bond donors (Lipinski definition) is 1. The summed E-state index contributed by atoms with van der Waals surface area (Å²) in [6.45, 7) is 5.61. The van der Waals surface area contributed by atoms with Gasteiger partial charge in [0.1, 0.15) is 0 Å². The molecule has 4 heteroatoms. The van der Waals surface area contributed by atoms with Crippen LogP contribution in [0.4, 0.5) is 0 Å². The standard InChI is InChI=1S/C11H20O4/c1-7(2)14-11(13)6-8(3)9-4-5-10(12)15-9/h7-10,12H,4-6H2,1-3H3/t8-,9+,10?/m0/s1. The molecule has 4 nitrogen and oxygen atoms in total. The van der Waals surface area contributed by atoms with Crippen LogP contribution >= 0.6 is 0 Å². The molecule has 1 N–H and O–H groups in total. The van der Waals surface area contributed by atoms with Gasteiger partial charge in [-0.05, 0) is 26.2 Å². The van der Waals surface area contributed by atoms with Crippen LogP contribution in [0.5, 0.6) is 0 Å². The van der Waals surface area contributed by atoms with Gasteiger partial charge < -0.3 is 14.6 Å². The quantitative estimate of drug-likeness (QED) is 0.723. The Hall–Kier alpha value is -0.610. The summed E-state index contributed by atoms with van der Waals surface area (Å²) in [4.78, 5) is 11.4. The SMILES string of the molecule is CC(C)OC(=O)C[C@H](C)[C@H]1CCC(O)O1. The van der Waals surface area contributed by atoms with Crippen molar-refractivity contribution in [2.24, 2.45) is 5.92 Å². The van der Waals surface area contributed by atoms with E-state index in [1.54, 1.807) is 0 Å². The Morgan fingerprint density at radius 2 is 2.13 bits per heavy atom. The van der Waals surface area contributed by atoms with Crippen LogP contribution in [0.2, 0.25) is 0 Å². The van der Waals surface area contributed by atoms with Gasteiger partial charge in [0.05, 0.1) is 18.6 Å². The van der Waals surface area contributed by atoms with E-state index in [1.807, 2.05) is 20.8 Å². The Kier molecular flexibility index (Phi) is 4.54. The predicted molar refractivity (Wildman–Crippen MR) is 55.1 cm³/mol. The minimum atomic E-state index is -0.654. The summed E-state index contributed by atoms with van der Waals surface area (Å²) in [5.41, 5.74) is 0. The molecule has 0 aromatic carbocycles. The molecular weight excluding hydrogens is 196 g/mol. The molecule has 0 radical (unpaired) electrons. The molecule has 0 bridgehead atoms. The van der Waals surface area contributed by atoms with E-state index >= 15 is 0 Å². The van der Waals surface area contributed by atoms with Crippen LogP contribution in [0.15, 0.2) is 0 Å². The molecular formula is C11H20O4. The summed E-state index contributed by atoms with van der Waals surface area (Å²) in [7, 11) is 0. The van der Waals surface area contributed by atoms with Gasteiger partial charge in [0.25, 0.3) is 0 Å². The van der Waals surface area contributed by atoms with Crippen molar-refractivity contribution in [1.82, 2.24) is 0 Å². The molecule has 1 aliphatic rings. The smallest absolute Gasteiger partial charge is 0.306 e. The molecule has 1 rings (SSSR count). The molecule has 1 fully saturated rings. The van der Waals surface area contributed by atoms with Gasteiger partial charge >= 0.3 is 5.97 Å². The second-order valence-corrected chi connectivity index (χ2v) is 4.43. The molecule has 0 saturated carbocycles. The van der Waals surface area contributed by atoms with E-state index in [4.69, 9.17) is 9.47 Å². The van der Waals surface area contributed by atoms with Crippen LogP contribution in [0.3, 0.4) is 0 Å². The Morgan fingerprint density at radius 3 is 2.60 bits per heavy atom. The minimum Gasteiger partial charge on any atom is -0.463 e. The summed E-state index contributed by atoms with van der Waals surface area (Å²) < 4.78 is 10.3. The van der Waals surface area contributed by atoms with Crippen LogP contribution in [-0.2, 0) is 14.3 Å². The third kappa shape index (κ3) is 4.18. The maximum absolute atomic E-state index is 11.4. The summed E-state index contributed by atoms with van der Waals surface area (Å²) in [5, 5.41) is 9.19. The maximum atomic E-state index is 11.4. The zero-order valence-corrected chi connectivity index (χ0v) is 9.60. The Bertz CT molecular complexity index is 215. The highest BCUT2D eigenvalue weighted by Crippen LogP contribution is 2.26. The summed E-state index contributed by atoms with van der Waals surface area (Å²) >= 11 is 0.